The van der Waals surface area contributed by atoms with E-state index in [4.69, 9.17) is 4.74 Å². The third-order valence-electron chi connectivity index (χ3n) is 5.12. The van der Waals surface area contributed by atoms with Gasteiger partial charge in [0.2, 0.25) is 0 Å². The number of carbonyl (C=O) groups is 1. The molecule has 2 fully saturated rings. The summed E-state index contributed by atoms with van der Waals surface area (Å²) in [5.41, 5.74) is 1.25. The lowest BCUT2D eigenvalue weighted by molar-refractivity contribution is 0.0000343. The van der Waals surface area contributed by atoms with Crippen molar-refractivity contribution in [3.63, 3.8) is 0 Å². The molecule has 3 N–H and O–H groups in total. The minimum Gasteiger partial charge on any atom is -0.394 e. The molecule has 2 aliphatic heterocycles. The Hall–Kier alpha value is -1.63. The van der Waals surface area contributed by atoms with E-state index in [0.29, 0.717) is 31.9 Å². The lowest BCUT2D eigenvalue weighted by Gasteiger charge is -2.36. The molecule has 0 aromatic heterocycles. The Labute approximate surface area is 149 Å². The van der Waals surface area contributed by atoms with Gasteiger partial charge in [-0.3, -0.25) is 4.79 Å². The summed E-state index contributed by atoms with van der Waals surface area (Å²) in [5.74, 6) is -0.123. The number of rotatable bonds is 5. The Balaban J connectivity index is 1.56. The second-order valence-electron chi connectivity index (χ2n) is 7.05. The Bertz CT molecular complexity index is 548. The molecule has 0 saturated carbocycles. The zero-order chi connectivity index (χ0) is 17.5. The molecule has 1 aromatic carbocycles. The number of nitrogens with zero attached hydrogens (tertiary/aromatic N) is 1. The van der Waals surface area contributed by atoms with E-state index in [1.165, 1.54) is 31.4 Å². The van der Waals surface area contributed by atoms with Crippen LogP contribution in [0.1, 0.15) is 36.0 Å². The molecule has 1 atom stereocenters. The van der Waals surface area contributed by atoms with Crippen LogP contribution in [0.15, 0.2) is 24.3 Å². The second kappa shape index (κ2) is 8.65. The maximum atomic E-state index is 12.4. The van der Waals surface area contributed by atoms with Crippen molar-refractivity contribution in [1.29, 1.82) is 0 Å². The quantitative estimate of drug-likeness (QED) is 0.745. The van der Waals surface area contributed by atoms with Crippen LogP contribution < -0.4 is 15.5 Å². The zero-order valence-electron chi connectivity index (χ0n) is 14.8. The van der Waals surface area contributed by atoms with E-state index in [0.717, 1.165) is 13.1 Å². The average Bonchev–Trinajstić information content (AvgIpc) is 2.96. The van der Waals surface area contributed by atoms with Crippen molar-refractivity contribution in [3.8, 4) is 0 Å². The standard InChI is InChI=1S/C19H29N3O3/c23-14-19(15-25-12-9-21-19)13-20-18(24)16-5-7-17(8-6-16)22-10-3-1-2-4-11-22/h5-8,21,23H,1-4,9-15H2,(H,20,24). The molecular formula is C19H29N3O3. The third kappa shape index (κ3) is 4.71. The number of aliphatic hydroxyl groups is 1. The summed E-state index contributed by atoms with van der Waals surface area (Å²) in [5, 5.41) is 15.8. The molecule has 6 nitrogen and oxygen atoms in total. The van der Waals surface area contributed by atoms with Gasteiger partial charge in [-0.25, -0.2) is 0 Å². The largest absolute Gasteiger partial charge is 0.394 e. The highest BCUT2D eigenvalue weighted by atomic mass is 16.5. The van der Waals surface area contributed by atoms with Gasteiger partial charge in [-0.15, -0.1) is 0 Å². The fourth-order valence-corrected chi connectivity index (χ4v) is 3.48. The predicted octanol–water partition coefficient (Wildman–Crippen LogP) is 1.15. The van der Waals surface area contributed by atoms with Crippen molar-refractivity contribution in [3.05, 3.63) is 29.8 Å². The summed E-state index contributed by atoms with van der Waals surface area (Å²) >= 11 is 0. The van der Waals surface area contributed by atoms with Gasteiger partial charge in [0.05, 0.1) is 25.4 Å². The molecule has 0 spiro atoms. The van der Waals surface area contributed by atoms with E-state index < -0.39 is 5.54 Å². The molecule has 138 valence electrons. The van der Waals surface area contributed by atoms with Crippen molar-refractivity contribution in [2.45, 2.75) is 31.2 Å². The van der Waals surface area contributed by atoms with Crippen LogP contribution in [-0.4, -0.2) is 62.6 Å². The molecule has 3 rings (SSSR count). The number of hydrogen-bond acceptors (Lipinski definition) is 5. The molecule has 0 aliphatic carbocycles. The molecule has 2 saturated heterocycles. The Morgan fingerprint density at radius 1 is 1.20 bits per heavy atom. The molecule has 25 heavy (non-hydrogen) atoms. The minimum absolute atomic E-state index is 0.0683. The van der Waals surface area contributed by atoms with Crippen molar-refractivity contribution in [2.24, 2.45) is 0 Å². The first-order valence-electron chi connectivity index (χ1n) is 9.29. The first-order chi connectivity index (χ1) is 12.2. The van der Waals surface area contributed by atoms with E-state index in [1.54, 1.807) is 0 Å². The van der Waals surface area contributed by atoms with E-state index in [1.807, 2.05) is 24.3 Å². The number of benzene rings is 1. The summed E-state index contributed by atoms with van der Waals surface area (Å²) < 4.78 is 5.43. The van der Waals surface area contributed by atoms with E-state index in [-0.39, 0.29) is 12.5 Å². The van der Waals surface area contributed by atoms with Gasteiger partial charge in [-0.2, -0.15) is 0 Å². The number of morpholine rings is 1. The molecule has 2 heterocycles. The van der Waals surface area contributed by atoms with Crippen LogP contribution in [0, 0.1) is 0 Å². The van der Waals surface area contributed by atoms with E-state index in [2.05, 4.69) is 15.5 Å². The number of ether oxygens (including phenoxy) is 1. The summed E-state index contributed by atoms with van der Waals surface area (Å²) in [4.78, 5) is 14.8. The number of hydrogen-bond donors (Lipinski definition) is 3. The van der Waals surface area contributed by atoms with Gasteiger partial charge in [0.1, 0.15) is 0 Å². The first-order valence-corrected chi connectivity index (χ1v) is 9.29. The lowest BCUT2D eigenvalue weighted by atomic mass is 10.0. The van der Waals surface area contributed by atoms with Crippen LogP contribution in [0.3, 0.4) is 0 Å². The van der Waals surface area contributed by atoms with Crippen molar-refractivity contribution in [1.82, 2.24) is 10.6 Å². The highest BCUT2D eigenvalue weighted by Crippen LogP contribution is 2.20. The maximum Gasteiger partial charge on any atom is 0.251 e. The van der Waals surface area contributed by atoms with Crippen molar-refractivity contribution in [2.75, 3.05) is 50.9 Å². The van der Waals surface area contributed by atoms with Gasteiger partial charge in [0.25, 0.3) is 5.91 Å². The van der Waals surface area contributed by atoms with Gasteiger partial charge >= 0.3 is 0 Å². The van der Waals surface area contributed by atoms with E-state index in [9.17, 15) is 9.90 Å². The van der Waals surface area contributed by atoms with Crippen LogP contribution in [0.2, 0.25) is 0 Å². The van der Waals surface area contributed by atoms with Crippen molar-refractivity contribution < 1.29 is 14.6 Å². The van der Waals surface area contributed by atoms with Gasteiger partial charge < -0.3 is 25.4 Å². The topological polar surface area (TPSA) is 73.8 Å². The highest BCUT2D eigenvalue weighted by Gasteiger charge is 2.32. The number of nitrogens with one attached hydrogen (secondary N) is 2. The van der Waals surface area contributed by atoms with Crippen LogP contribution in [0.5, 0.6) is 0 Å². The Kier molecular flexibility index (Phi) is 6.29. The third-order valence-corrected chi connectivity index (χ3v) is 5.12. The highest BCUT2D eigenvalue weighted by molar-refractivity contribution is 5.94. The van der Waals surface area contributed by atoms with Crippen molar-refractivity contribution >= 4 is 11.6 Å². The number of amides is 1. The molecule has 2 aliphatic rings. The average molecular weight is 347 g/mol. The predicted molar refractivity (Wildman–Crippen MR) is 98.1 cm³/mol. The fraction of sp³-hybridized carbons (Fsp3) is 0.632. The lowest BCUT2D eigenvalue weighted by Crippen LogP contribution is -2.62. The minimum atomic E-state index is -0.583. The van der Waals surface area contributed by atoms with Gasteiger partial charge in [0.15, 0.2) is 0 Å². The molecule has 1 amide bonds. The summed E-state index contributed by atoms with van der Waals surface area (Å²) in [6.07, 6.45) is 5.09. The van der Waals surface area contributed by atoms with Crippen LogP contribution in [0.4, 0.5) is 5.69 Å². The van der Waals surface area contributed by atoms with Gasteiger partial charge in [0, 0.05) is 37.4 Å². The van der Waals surface area contributed by atoms with Crippen LogP contribution in [0.25, 0.3) is 0 Å². The number of aliphatic hydroxyl groups excluding tert-OH is 1. The smallest absolute Gasteiger partial charge is 0.251 e. The normalized spacial score (nSPS) is 24.6. The summed E-state index contributed by atoms with van der Waals surface area (Å²) in [6, 6.07) is 7.83. The van der Waals surface area contributed by atoms with Crippen LogP contribution >= 0.6 is 0 Å². The Morgan fingerprint density at radius 3 is 2.52 bits per heavy atom. The summed E-state index contributed by atoms with van der Waals surface area (Å²) in [7, 11) is 0. The molecule has 1 aromatic rings. The van der Waals surface area contributed by atoms with Crippen LogP contribution in [-0.2, 0) is 4.74 Å². The fourth-order valence-electron chi connectivity index (χ4n) is 3.48. The first kappa shape index (κ1) is 18.2. The SMILES string of the molecule is O=C(NCC1(CO)COCCN1)c1ccc(N2CCCCCC2)cc1. The molecular weight excluding hydrogens is 318 g/mol. The summed E-state index contributed by atoms with van der Waals surface area (Å²) in [6.45, 7) is 4.18. The second-order valence-corrected chi connectivity index (χ2v) is 7.05. The maximum absolute atomic E-state index is 12.4. The monoisotopic (exact) mass is 347 g/mol. The number of anilines is 1. The molecule has 6 heteroatoms. The van der Waals surface area contributed by atoms with E-state index >= 15 is 0 Å². The number of carbonyl (C=O) groups excluding carboxylic acids is 1. The molecule has 1 unspecified atom stereocenters. The van der Waals surface area contributed by atoms with Gasteiger partial charge in [-0.1, -0.05) is 12.8 Å². The Morgan fingerprint density at radius 2 is 1.92 bits per heavy atom. The van der Waals surface area contributed by atoms with Gasteiger partial charge in [-0.05, 0) is 37.1 Å². The zero-order valence-corrected chi connectivity index (χ0v) is 14.8. The molecule has 0 radical (unpaired) electrons. The molecule has 0 bridgehead atoms.